The lowest BCUT2D eigenvalue weighted by Crippen LogP contribution is -2.47. The van der Waals surface area contributed by atoms with Crippen LogP contribution in [0.25, 0.3) is 11.3 Å². The van der Waals surface area contributed by atoms with Crippen molar-refractivity contribution in [3.63, 3.8) is 0 Å². The van der Waals surface area contributed by atoms with Crippen molar-refractivity contribution in [3.05, 3.63) is 71.5 Å². The molecule has 134 valence electrons. The number of hydrogen-bond acceptors (Lipinski definition) is 5. The van der Waals surface area contributed by atoms with E-state index in [1.165, 1.54) is 0 Å². The topological polar surface area (TPSA) is 56.1 Å². The van der Waals surface area contributed by atoms with Crippen molar-refractivity contribution in [2.75, 3.05) is 36.0 Å². The first-order valence-corrected chi connectivity index (χ1v) is 9.19. The number of rotatable bonds is 3. The van der Waals surface area contributed by atoms with Crippen LogP contribution in [0.5, 0.6) is 0 Å². The molecule has 0 unspecified atom stereocenters. The van der Waals surface area contributed by atoms with Crippen molar-refractivity contribution in [2.24, 2.45) is 0 Å². The Labute approximate surface area is 163 Å². The molecule has 0 radical (unpaired) electrons. The Morgan fingerprint density at radius 1 is 0.889 bits per heavy atom. The maximum absolute atomic E-state index is 9.32. The number of aromatic nitrogens is 2. The Morgan fingerprint density at radius 3 is 2.33 bits per heavy atom. The van der Waals surface area contributed by atoms with E-state index in [2.05, 4.69) is 20.9 Å². The van der Waals surface area contributed by atoms with Crippen LogP contribution in [0.4, 0.5) is 11.5 Å². The molecule has 1 saturated heterocycles. The Bertz CT molecular complexity index is 972. The van der Waals surface area contributed by atoms with Crippen LogP contribution < -0.4 is 9.80 Å². The summed E-state index contributed by atoms with van der Waals surface area (Å²) in [7, 11) is 0. The number of para-hydroxylation sites is 1. The molecule has 0 N–H and O–H groups in total. The molecule has 0 saturated carbocycles. The first kappa shape index (κ1) is 17.3. The number of anilines is 2. The van der Waals surface area contributed by atoms with E-state index in [4.69, 9.17) is 16.6 Å². The van der Waals surface area contributed by atoms with Gasteiger partial charge in [-0.15, -0.1) is 0 Å². The van der Waals surface area contributed by atoms with Gasteiger partial charge in [0.2, 0.25) is 0 Å². The second-order valence-corrected chi connectivity index (χ2v) is 6.81. The van der Waals surface area contributed by atoms with Gasteiger partial charge in [0.25, 0.3) is 0 Å². The van der Waals surface area contributed by atoms with Gasteiger partial charge in [-0.25, -0.2) is 4.98 Å². The van der Waals surface area contributed by atoms with Crippen molar-refractivity contribution in [2.45, 2.75) is 0 Å². The second-order valence-electron chi connectivity index (χ2n) is 6.37. The van der Waals surface area contributed by atoms with E-state index in [0.717, 1.165) is 54.5 Å². The van der Waals surface area contributed by atoms with Crippen LogP contribution in [0.15, 0.2) is 60.9 Å². The number of piperazine rings is 1. The average molecular weight is 376 g/mol. The Kier molecular flexibility index (Phi) is 4.91. The van der Waals surface area contributed by atoms with E-state index >= 15 is 0 Å². The monoisotopic (exact) mass is 375 g/mol. The summed E-state index contributed by atoms with van der Waals surface area (Å²) in [6, 6.07) is 17.6. The van der Waals surface area contributed by atoms with Crippen LogP contribution in [0.1, 0.15) is 5.56 Å². The van der Waals surface area contributed by atoms with Crippen LogP contribution in [0, 0.1) is 11.3 Å². The van der Waals surface area contributed by atoms with Crippen molar-refractivity contribution >= 4 is 23.1 Å². The van der Waals surface area contributed by atoms with Crippen LogP contribution in [-0.2, 0) is 0 Å². The first-order valence-electron chi connectivity index (χ1n) is 8.81. The third-order valence-corrected chi connectivity index (χ3v) is 4.98. The Hall–Kier alpha value is -3.10. The molecule has 1 aromatic heterocycles. The predicted octanol–water partition coefficient (Wildman–Crippen LogP) is 4.00. The lowest BCUT2D eigenvalue weighted by atomic mass is 10.1. The molecule has 0 aliphatic carbocycles. The molecule has 3 aromatic rings. The molecular formula is C21H18ClN5. The van der Waals surface area contributed by atoms with Gasteiger partial charge in [-0.3, -0.25) is 4.98 Å². The van der Waals surface area contributed by atoms with Crippen LogP contribution in [0.3, 0.4) is 0 Å². The van der Waals surface area contributed by atoms with Crippen LogP contribution in [0.2, 0.25) is 5.02 Å². The van der Waals surface area contributed by atoms with Gasteiger partial charge in [0, 0.05) is 36.8 Å². The summed E-state index contributed by atoms with van der Waals surface area (Å²) < 4.78 is 0. The minimum atomic E-state index is 0.705. The fraction of sp³-hybridized carbons (Fsp3) is 0.190. The van der Waals surface area contributed by atoms with Gasteiger partial charge in [-0.1, -0.05) is 35.9 Å². The molecule has 0 bridgehead atoms. The lowest BCUT2D eigenvalue weighted by Gasteiger charge is -2.37. The second kappa shape index (κ2) is 7.65. The third-order valence-electron chi connectivity index (χ3n) is 4.73. The van der Waals surface area contributed by atoms with E-state index in [9.17, 15) is 5.26 Å². The largest absolute Gasteiger partial charge is 0.367 e. The highest BCUT2D eigenvalue weighted by Crippen LogP contribution is 2.24. The van der Waals surface area contributed by atoms with Crippen molar-refractivity contribution in [1.29, 1.82) is 5.26 Å². The van der Waals surface area contributed by atoms with E-state index in [-0.39, 0.29) is 0 Å². The summed E-state index contributed by atoms with van der Waals surface area (Å²) >= 11 is 5.97. The molecule has 1 aliphatic heterocycles. The van der Waals surface area contributed by atoms with Gasteiger partial charge in [-0.05, 0) is 24.3 Å². The fourth-order valence-electron chi connectivity index (χ4n) is 3.29. The number of benzene rings is 2. The van der Waals surface area contributed by atoms with Crippen molar-refractivity contribution in [1.82, 2.24) is 9.97 Å². The highest BCUT2D eigenvalue weighted by molar-refractivity contribution is 6.30. The maximum Gasteiger partial charge on any atom is 0.147 e. The van der Waals surface area contributed by atoms with Gasteiger partial charge in [0.15, 0.2) is 0 Å². The molecule has 6 heteroatoms. The molecule has 2 heterocycles. The van der Waals surface area contributed by atoms with E-state index in [0.29, 0.717) is 5.02 Å². The summed E-state index contributed by atoms with van der Waals surface area (Å²) in [5.74, 6) is 0.871. The van der Waals surface area contributed by atoms with E-state index in [1.807, 2.05) is 48.5 Å². The van der Waals surface area contributed by atoms with Crippen molar-refractivity contribution in [3.8, 4) is 17.3 Å². The number of nitrogens with zero attached hydrogens (tertiary/aromatic N) is 5. The molecule has 27 heavy (non-hydrogen) atoms. The molecule has 2 aromatic carbocycles. The van der Waals surface area contributed by atoms with Gasteiger partial charge in [0.05, 0.1) is 29.3 Å². The molecule has 4 rings (SSSR count). The SMILES string of the molecule is N#Cc1ccccc1N1CCN(c2cncc(-c3ccc(Cl)cc3)n2)CC1. The minimum absolute atomic E-state index is 0.705. The van der Waals surface area contributed by atoms with Gasteiger partial charge in [-0.2, -0.15) is 5.26 Å². The quantitative estimate of drug-likeness (QED) is 0.692. The van der Waals surface area contributed by atoms with E-state index < -0.39 is 0 Å². The van der Waals surface area contributed by atoms with E-state index in [1.54, 1.807) is 12.4 Å². The van der Waals surface area contributed by atoms with Gasteiger partial charge < -0.3 is 9.80 Å². The summed E-state index contributed by atoms with van der Waals surface area (Å²) in [5, 5.41) is 10.0. The third kappa shape index (κ3) is 3.71. The Balaban J connectivity index is 1.49. The highest BCUT2D eigenvalue weighted by Gasteiger charge is 2.20. The minimum Gasteiger partial charge on any atom is -0.367 e. The summed E-state index contributed by atoms with van der Waals surface area (Å²) in [6.45, 7) is 3.34. The van der Waals surface area contributed by atoms with Gasteiger partial charge in [0.1, 0.15) is 11.9 Å². The normalized spacial score (nSPS) is 14.1. The lowest BCUT2D eigenvalue weighted by molar-refractivity contribution is 0.646. The molecule has 1 aliphatic rings. The highest BCUT2D eigenvalue weighted by atomic mass is 35.5. The molecule has 0 amide bonds. The summed E-state index contributed by atoms with van der Waals surface area (Å²) in [4.78, 5) is 13.6. The zero-order valence-electron chi connectivity index (χ0n) is 14.7. The number of hydrogen-bond donors (Lipinski definition) is 0. The fourth-order valence-corrected chi connectivity index (χ4v) is 3.41. The van der Waals surface area contributed by atoms with Crippen molar-refractivity contribution < 1.29 is 0 Å². The van der Waals surface area contributed by atoms with Crippen LogP contribution in [-0.4, -0.2) is 36.1 Å². The smallest absolute Gasteiger partial charge is 0.147 e. The maximum atomic E-state index is 9.32. The summed E-state index contributed by atoms with van der Waals surface area (Å²) in [5.41, 5.74) is 3.55. The number of nitriles is 1. The molecular weight excluding hydrogens is 358 g/mol. The molecule has 5 nitrogen and oxygen atoms in total. The number of halogens is 1. The summed E-state index contributed by atoms with van der Waals surface area (Å²) in [6.07, 6.45) is 3.57. The zero-order chi connectivity index (χ0) is 18.6. The average Bonchev–Trinajstić information content (AvgIpc) is 2.74. The van der Waals surface area contributed by atoms with Crippen LogP contribution >= 0.6 is 11.6 Å². The molecule has 0 spiro atoms. The predicted molar refractivity (Wildman–Crippen MR) is 108 cm³/mol. The Morgan fingerprint density at radius 2 is 1.59 bits per heavy atom. The molecule has 0 atom stereocenters. The zero-order valence-corrected chi connectivity index (χ0v) is 15.5. The first-order chi connectivity index (χ1) is 13.2. The standard InChI is InChI=1S/C21H18ClN5/c22-18-7-5-16(6-8-18)19-14-24-15-21(25-19)27-11-9-26(10-12-27)20-4-2-1-3-17(20)13-23/h1-8,14-15H,9-12H2. The molecule has 1 fully saturated rings. The van der Waals surface area contributed by atoms with Gasteiger partial charge >= 0.3 is 0 Å².